The molecule has 4 unspecified atom stereocenters. The second-order valence-corrected chi connectivity index (χ2v) is 6.55. The zero-order valence-electron chi connectivity index (χ0n) is 12.4. The lowest BCUT2D eigenvalue weighted by Gasteiger charge is -2.44. The molecule has 0 bridgehead atoms. The van der Waals surface area contributed by atoms with Crippen molar-refractivity contribution in [1.82, 2.24) is 10.2 Å². The van der Waals surface area contributed by atoms with E-state index in [0.717, 1.165) is 5.92 Å². The zero-order chi connectivity index (χ0) is 13.4. The van der Waals surface area contributed by atoms with Gasteiger partial charge in [-0.15, -0.1) is 0 Å². The molecule has 1 aromatic rings. The highest BCUT2D eigenvalue weighted by Crippen LogP contribution is 2.40. The lowest BCUT2D eigenvalue weighted by molar-refractivity contribution is 0.109. The van der Waals surface area contributed by atoms with Crippen LogP contribution in [0.25, 0.3) is 0 Å². The standard InChI is InChI=1S/C17H26N2/c1-12-8-9-17(16-7-5-4-6-15(12)16)19-10-13(2)18-14(3)11-19/h4-7,12-14,17-18H,8-11H2,1-3H3. The first kappa shape index (κ1) is 13.1. The Bertz CT molecular complexity index is 433. The number of nitrogens with one attached hydrogen (secondary N) is 1. The molecule has 2 heteroatoms. The third-order valence-electron chi connectivity index (χ3n) is 4.79. The Labute approximate surface area is 117 Å². The van der Waals surface area contributed by atoms with Gasteiger partial charge < -0.3 is 5.32 Å². The molecule has 0 aromatic heterocycles. The van der Waals surface area contributed by atoms with Crippen LogP contribution in [0.15, 0.2) is 24.3 Å². The van der Waals surface area contributed by atoms with Gasteiger partial charge in [0.2, 0.25) is 0 Å². The first-order chi connectivity index (χ1) is 9.15. The van der Waals surface area contributed by atoms with E-state index in [1.54, 1.807) is 11.1 Å². The van der Waals surface area contributed by atoms with Gasteiger partial charge in [0.05, 0.1) is 0 Å². The maximum absolute atomic E-state index is 3.64. The molecule has 19 heavy (non-hydrogen) atoms. The van der Waals surface area contributed by atoms with Gasteiger partial charge in [-0.3, -0.25) is 4.90 Å². The fraction of sp³-hybridized carbons (Fsp3) is 0.647. The third-order valence-corrected chi connectivity index (χ3v) is 4.79. The Balaban J connectivity index is 1.88. The first-order valence-electron chi connectivity index (χ1n) is 7.74. The topological polar surface area (TPSA) is 15.3 Å². The second-order valence-electron chi connectivity index (χ2n) is 6.55. The number of hydrogen-bond acceptors (Lipinski definition) is 2. The highest BCUT2D eigenvalue weighted by molar-refractivity contribution is 5.35. The minimum Gasteiger partial charge on any atom is -0.309 e. The summed E-state index contributed by atoms with van der Waals surface area (Å²) in [7, 11) is 0. The maximum atomic E-state index is 3.64. The summed E-state index contributed by atoms with van der Waals surface area (Å²) < 4.78 is 0. The summed E-state index contributed by atoms with van der Waals surface area (Å²) in [5.74, 6) is 0.727. The number of hydrogen-bond donors (Lipinski definition) is 1. The summed E-state index contributed by atoms with van der Waals surface area (Å²) in [6, 6.07) is 10.9. The monoisotopic (exact) mass is 258 g/mol. The fourth-order valence-corrected chi connectivity index (χ4v) is 3.98. The van der Waals surface area contributed by atoms with E-state index in [-0.39, 0.29) is 0 Å². The van der Waals surface area contributed by atoms with E-state index in [4.69, 9.17) is 0 Å². The quantitative estimate of drug-likeness (QED) is 0.831. The normalized spacial score (nSPS) is 35.9. The van der Waals surface area contributed by atoms with Gasteiger partial charge in [-0.05, 0) is 43.7 Å². The number of piperazine rings is 1. The molecule has 0 saturated carbocycles. The van der Waals surface area contributed by atoms with Crippen molar-refractivity contribution in [2.24, 2.45) is 0 Å². The van der Waals surface area contributed by atoms with Crippen LogP contribution in [0.5, 0.6) is 0 Å². The molecule has 2 nitrogen and oxygen atoms in total. The van der Waals surface area contributed by atoms with Crippen molar-refractivity contribution < 1.29 is 0 Å². The van der Waals surface area contributed by atoms with E-state index < -0.39 is 0 Å². The largest absolute Gasteiger partial charge is 0.309 e. The van der Waals surface area contributed by atoms with Crippen LogP contribution in [0.1, 0.15) is 56.7 Å². The molecule has 4 atom stereocenters. The smallest absolute Gasteiger partial charge is 0.0352 e. The minimum atomic E-state index is 0.607. The highest BCUT2D eigenvalue weighted by Gasteiger charge is 2.32. The van der Waals surface area contributed by atoms with Gasteiger partial charge in [0.1, 0.15) is 0 Å². The van der Waals surface area contributed by atoms with Gasteiger partial charge in [0, 0.05) is 31.2 Å². The van der Waals surface area contributed by atoms with E-state index in [0.29, 0.717) is 18.1 Å². The van der Waals surface area contributed by atoms with E-state index in [2.05, 4.69) is 55.3 Å². The highest BCUT2D eigenvalue weighted by atomic mass is 15.2. The molecule has 0 spiro atoms. The lowest BCUT2D eigenvalue weighted by Crippen LogP contribution is -2.55. The fourth-order valence-electron chi connectivity index (χ4n) is 3.98. The zero-order valence-corrected chi connectivity index (χ0v) is 12.4. The molecular formula is C17H26N2. The van der Waals surface area contributed by atoms with Crippen LogP contribution in [-0.2, 0) is 0 Å². The predicted molar refractivity (Wildman–Crippen MR) is 80.5 cm³/mol. The number of rotatable bonds is 1. The van der Waals surface area contributed by atoms with E-state index in [9.17, 15) is 0 Å². The van der Waals surface area contributed by atoms with Gasteiger partial charge in [0.25, 0.3) is 0 Å². The molecule has 104 valence electrons. The Morgan fingerprint density at radius 2 is 1.58 bits per heavy atom. The summed E-state index contributed by atoms with van der Waals surface area (Å²) in [6.45, 7) is 9.34. The van der Waals surface area contributed by atoms with Crippen LogP contribution < -0.4 is 5.32 Å². The lowest BCUT2D eigenvalue weighted by atomic mass is 9.80. The molecule has 0 amide bonds. The van der Waals surface area contributed by atoms with Crippen LogP contribution in [-0.4, -0.2) is 30.1 Å². The molecule has 1 saturated heterocycles. The first-order valence-corrected chi connectivity index (χ1v) is 7.74. The Morgan fingerprint density at radius 3 is 2.26 bits per heavy atom. The average Bonchev–Trinajstić information content (AvgIpc) is 2.38. The summed E-state index contributed by atoms with van der Waals surface area (Å²) in [5, 5.41) is 3.64. The molecule has 0 radical (unpaired) electrons. The van der Waals surface area contributed by atoms with E-state index >= 15 is 0 Å². The molecule has 1 heterocycles. The van der Waals surface area contributed by atoms with Crippen LogP contribution in [0.4, 0.5) is 0 Å². The SMILES string of the molecule is CC1CN(C2CCC(C)c3ccccc32)CC(C)N1. The Morgan fingerprint density at radius 1 is 0.947 bits per heavy atom. The average molecular weight is 258 g/mol. The molecule has 1 N–H and O–H groups in total. The van der Waals surface area contributed by atoms with Gasteiger partial charge >= 0.3 is 0 Å². The van der Waals surface area contributed by atoms with Gasteiger partial charge in [-0.2, -0.15) is 0 Å². The number of benzene rings is 1. The van der Waals surface area contributed by atoms with Crippen LogP contribution in [0.2, 0.25) is 0 Å². The Kier molecular flexibility index (Phi) is 3.64. The van der Waals surface area contributed by atoms with Crippen molar-refractivity contribution >= 4 is 0 Å². The van der Waals surface area contributed by atoms with Gasteiger partial charge in [0.15, 0.2) is 0 Å². The third kappa shape index (κ3) is 2.56. The molecule has 2 aliphatic rings. The van der Waals surface area contributed by atoms with Crippen molar-refractivity contribution in [3.8, 4) is 0 Å². The molecule has 1 aromatic carbocycles. The summed E-state index contributed by atoms with van der Waals surface area (Å²) in [5.41, 5.74) is 3.17. The molecule has 1 aliphatic heterocycles. The Hall–Kier alpha value is -0.860. The van der Waals surface area contributed by atoms with E-state index in [1.165, 1.54) is 25.9 Å². The summed E-state index contributed by atoms with van der Waals surface area (Å²) in [4.78, 5) is 2.70. The van der Waals surface area contributed by atoms with Crippen LogP contribution in [0, 0.1) is 0 Å². The number of nitrogens with zero attached hydrogens (tertiary/aromatic N) is 1. The number of fused-ring (bicyclic) bond motifs is 1. The minimum absolute atomic E-state index is 0.607. The molecule has 3 rings (SSSR count). The molecule has 1 aliphatic carbocycles. The van der Waals surface area contributed by atoms with Crippen LogP contribution in [0.3, 0.4) is 0 Å². The molecular weight excluding hydrogens is 232 g/mol. The summed E-state index contributed by atoms with van der Waals surface area (Å²) in [6.07, 6.45) is 2.64. The van der Waals surface area contributed by atoms with Gasteiger partial charge in [-0.1, -0.05) is 31.2 Å². The van der Waals surface area contributed by atoms with Crippen molar-refractivity contribution in [1.29, 1.82) is 0 Å². The van der Waals surface area contributed by atoms with Crippen molar-refractivity contribution in [2.75, 3.05) is 13.1 Å². The molecule has 1 fully saturated rings. The van der Waals surface area contributed by atoms with Crippen molar-refractivity contribution in [2.45, 2.75) is 57.7 Å². The summed E-state index contributed by atoms with van der Waals surface area (Å²) >= 11 is 0. The van der Waals surface area contributed by atoms with Crippen molar-refractivity contribution in [3.63, 3.8) is 0 Å². The van der Waals surface area contributed by atoms with E-state index in [1.807, 2.05) is 0 Å². The van der Waals surface area contributed by atoms with Gasteiger partial charge in [-0.25, -0.2) is 0 Å². The van der Waals surface area contributed by atoms with Crippen molar-refractivity contribution in [3.05, 3.63) is 35.4 Å². The maximum Gasteiger partial charge on any atom is 0.0352 e. The predicted octanol–water partition coefficient (Wildman–Crippen LogP) is 3.31. The second kappa shape index (κ2) is 5.26. The van der Waals surface area contributed by atoms with Crippen LogP contribution >= 0.6 is 0 Å².